The topological polar surface area (TPSA) is 90.7 Å². The largest absolute Gasteiger partial charge is 0.483 e. The minimum atomic E-state index is -0.538. The van der Waals surface area contributed by atoms with Crippen molar-refractivity contribution in [1.82, 2.24) is 5.32 Å². The lowest BCUT2D eigenvalue weighted by molar-refractivity contribution is -0.119. The summed E-state index contributed by atoms with van der Waals surface area (Å²) in [5.41, 5.74) is 8.44. The summed E-state index contributed by atoms with van der Waals surface area (Å²) >= 11 is 0. The van der Waals surface area contributed by atoms with Crippen LogP contribution in [0.4, 0.5) is 0 Å². The Morgan fingerprint density at radius 1 is 1.26 bits per heavy atom. The monoisotopic (exact) mass is 368 g/mol. The van der Waals surface area contributed by atoms with Crippen LogP contribution in [0.25, 0.3) is 11.1 Å². The smallest absolute Gasteiger partial charge is 0.255 e. The van der Waals surface area contributed by atoms with Crippen LogP contribution in [0, 0.1) is 6.92 Å². The Morgan fingerprint density at radius 3 is 2.85 bits per heavy atom. The third kappa shape index (κ3) is 5.08. The Hall–Kier alpha value is -2.86. The van der Waals surface area contributed by atoms with Crippen molar-refractivity contribution in [1.29, 1.82) is 0 Å². The van der Waals surface area contributed by atoms with Crippen molar-refractivity contribution in [2.24, 2.45) is 5.73 Å². The molecule has 1 heterocycles. The van der Waals surface area contributed by atoms with Gasteiger partial charge in [0.05, 0.1) is 6.10 Å². The van der Waals surface area contributed by atoms with Gasteiger partial charge in [-0.2, -0.15) is 0 Å². The lowest BCUT2D eigenvalue weighted by Crippen LogP contribution is -2.31. The van der Waals surface area contributed by atoms with Crippen LogP contribution in [0.3, 0.4) is 0 Å². The van der Waals surface area contributed by atoms with Crippen LogP contribution in [0.1, 0.15) is 28.8 Å². The average molecular weight is 368 g/mol. The van der Waals surface area contributed by atoms with E-state index in [1.165, 1.54) is 0 Å². The molecule has 27 heavy (non-hydrogen) atoms. The maximum absolute atomic E-state index is 12.5. The number of carbonyl (C=O) groups excluding carboxylic acids is 2. The molecule has 1 aliphatic heterocycles. The first-order valence-electron chi connectivity index (χ1n) is 9.05. The van der Waals surface area contributed by atoms with Crippen molar-refractivity contribution >= 4 is 11.8 Å². The van der Waals surface area contributed by atoms with Gasteiger partial charge in [-0.3, -0.25) is 9.59 Å². The molecule has 2 aromatic carbocycles. The fraction of sp³-hybridized carbons (Fsp3) is 0.333. The lowest BCUT2D eigenvalue weighted by Gasteiger charge is -2.14. The molecule has 6 nitrogen and oxygen atoms in total. The van der Waals surface area contributed by atoms with E-state index < -0.39 is 5.91 Å². The highest BCUT2D eigenvalue weighted by molar-refractivity contribution is 5.95. The highest BCUT2D eigenvalue weighted by Gasteiger charge is 2.17. The van der Waals surface area contributed by atoms with Gasteiger partial charge in [0, 0.05) is 24.3 Å². The maximum Gasteiger partial charge on any atom is 0.255 e. The summed E-state index contributed by atoms with van der Waals surface area (Å²) in [5, 5.41) is 2.93. The Morgan fingerprint density at radius 2 is 2.11 bits per heavy atom. The number of rotatable bonds is 7. The van der Waals surface area contributed by atoms with Gasteiger partial charge in [0.2, 0.25) is 0 Å². The van der Waals surface area contributed by atoms with E-state index >= 15 is 0 Å². The predicted octanol–water partition coefficient (Wildman–Crippen LogP) is 2.43. The van der Waals surface area contributed by atoms with E-state index in [2.05, 4.69) is 5.32 Å². The van der Waals surface area contributed by atoms with Gasteiger partial charge in [-0.1, -0.05) is 23.8 Å². The highest BCUT2D eigenvalue weighted by Crippen LogP contribution is 2.31. The molecule has 1 unspecified atom stereocenters. The van der Waals surface area contributed by atoms with Crippen molar-refractivity contribution in [3.63, 3.8) is 0 Å². The van der Waals surface area contributed by atoms with Crippen LogP contribution >= 0.6 is 0 Å². The Kier molecular flexibility index (Phi) is 6.08. The molecule has 3 N–H and O–H groups in total. The number of ether oxygens (including phenoxy) is 2. The van der Waals surface area contributed by atoms with Crippen molar-refractivity contribution < 1.29 is 19.1 Å². The summed E-state index contributed by atoms with van der Waals surface area (Å²) in [6.07, 6.45) is 2.12. The molecule has 0 aliphatic carbocycles. The van der Waals surface area contributed by atoms with Gasteiger partial charge in [-0.15, -0.1) is 0 Å². The van der Waals surface area contributed by atoms with E-state index in [1.54, 1.807) is 12.1 Å². The second kappa shape index (κ2) is 8.68. The van der Waals surface area contributed by atoms with Crippen LogP contribution in [-0.4, -0.2) is 37.7 Å². The average Bonchev–Trinajstić information content (AvgIpc) is 3.18. The molecule has 2 aromatic rings. The standard InChI is InChI=1S/C21H24N2O4/c1-14-7-8-19(27-13-20(22)24)18(10-14)15-4-2-5-16(11-15)21(25)23-12-17-6-3-9-26-17/h2,4-5,7-8,10-11,17H,3,6,9,12-13H2,1H3,(H2,22,24)(H,23,25). The fourth-order valence-electron chi connectivity index (χ4n) is 3.09. The molecule has 0 radical (unpaired) electrons. The molecule has 6 heteroatoms. The van der Waals surface area contributed by atoms with Crippen LogP contribution in [-0.2, 0) is 9.53 Å². The van der Waals surface area contributed by atoms with Crippen LogP contribution in [0.5, 0.6) is 5.75 Å². The fourth-order valence-corrected chi connectivity index (χ4v) is 3.09. The molecule has 2 amide bonds. The van der Waals surface area contributed by atoms with Crippen LogP contribution < -0.4 is 15.8 Å². The summed E-state index contributed by atoms with van der Waals surface area (Å²) in [6, 6.07) is 13.0. The van der Waals surface area contributed by atoms with Gasteiger partial charge in [0.1, 0.15) is 5.75 Å². The van der Waals surface area contributed by atoms with Crippen molar-refractivity contribution in [3.05, 3.63) is 53.6 Å². The number of amides is 2. The number of carbonyl (C=O) groups is 2. The van der Waals surface area contributed by atoms with E-state index in [1.807, 2.05) is 37.3 Å². The number of hydrogen-bond acceptors (Lipinski definition) is 4. The van der Waals surface area contributed by atoms with E-state index in [4.69, 9.17) is 15.2 Å². The number of nitrogens with one attached hydrogen (secondary N) is 1. The molecule has 1 fully saturated rings. The molecule has 0 saturated carbocycles. The predicted molar refractivity (Wildman–Crippen MR) is 103 cm³/mol. The second-order valence-corrected chi connectivity index (χ2v) is 6.68. The van der Waals surface area contributed by atoms with Crippen LogP contribution in [0.2, 0.25) is 0 Å². The second-order valence-electron chi connectivity index (χ2n) is 6.68. The van der Waals surface area contributed by atoms with Gasteiger partial charge >= 0.3 is 0 Å². The molecule has 0 bridgehead atoms. The number of hydrogen-bond donors (Lipinski definition) is 2. The molecule has 0 aromatic heterocycles. The number of benzene rings is 2. The summed E-state index contributed by atoms with van der Waals surface area (Å²) < 4.78 is 11.1. The van der Waals surface area contributed by atoms with E-state index in [-0.39, 0.29) is 18.6 Å². The minimum absolute atomic E-state index is 0.0997. The molecular formula is C21H24N2O4. The summed E-state index contributed by atoms with van der Waals surface area (Å²) in [4.78, 5) is 23.5. The Balaban J connectivity index is 1.79. The quantitative estimate of drug-likeness (QED) is 0.785. The number of nitrogens with two attached hydrogens (primary N) is 1. The van der Waals surface area contributed by atoms with Gasteiger partial charge in [-0.25, -0.2) is 0 Å². The zero-order valence-electron chi connectivity index (χ0n) is 15.4. The van der Waals surface area contributed by atoms with E-state index in [0.29, 0.717) is 17.9 Å². The third-order valence-electron chi connectivity index (χ3n) is 4.46. The first kappa shape index (κ1) is 18.9. The zero-order chi connectivity index (χ0) is 19.2. The zero-order valence-corrected chi connectivity index (χ0v) is 15.4. The summed E-state index contributed by atoms with van der Waals surface area (Å²) in [7, 11) is 0. The third-order valence-corrected chi connectivity index (χ3v) is 4.46. The molecule has 1 atom stereocenters. The SMILES string of the molecule is Cc1ccc(OCC(N)=O)c(-c2cccc(C(=O)NCC3CCCO3)c2)c1. The Bertz CT molecular complexity index is 829. The van der Waals surface area contributed by atoms with Crippen molar-refractivity contribution in [2.75, 3.05) is 19.8 Å². The number of primary amides is 1. The van der Waals surface area contributed by atoms with Crippen molar-refractivity contribution in [2.45, 2.75) is 25.9 Å². The lowest BCUT2D eigenvalue weighted by atomic mass is 10.00. The van der Waals surface area contributed by atoms with E-state index in [0.717, 1.165) is 36.1 Å². The molecular weight excluding hydrogens is 344 g/mol. The number of aryl methyl sites for hydroxylation is 1. The first-order valence-corrected chi connectivity index (χ1v) is 9.05. The highest BCUT2D eigenvalue weighted by atomic mass is 16.5. The molecule has 142 valence electrons. The maximum atomic E-state index is 12.5. The summed E-state index contributed by atoms with van der Waals surface area (Å²) in [5.74, 6) is -0.125. The normalized spacial score (nSPS) is 16.1. The molecule has 1 saturated heterocycles. The molecule has 3 rings (SSSR count). The van der Waals surface area contributed by atoms with Gasteiger partial charge in [0.25, 0.3) is 11.8 Å². The van der Waals surface area contributed by atoms with Gasteiger partial charge < -0.3 is 20.5 Å². The molecule has 0 spiro atoms. The van der Waals surface area contributed by atoms with Gasteiger partial charge in [-0.05, 0) is 49.6 Å². The Labute approximate surface area is 158 Å². The summed E-state index contributed by atoms with van der Waals surface area (Å²) in [6.45, 7) is 3.05. The van der Waals surface area contributed by atoms with Gasteiger partial charge in [0.15, 0.2) is 6.61 Å². The minimum Gasteiger partial charge on any atom is -0.483 e. The van der Waals surface area contributed by atoms with E-state index in [9.17, 15) is 9.59 Å². The van der Waals surface area contributed by atoms with Crippen LogP contribution in [0.15, 0.2) is 42.5 Å². The van der Waals surface area contributed by atoms with Crippen molar-refractivity contribution in [3.8, 4) is 16.9 Å². The first-order chi connectivity index (χ1) is 13.0. The molecule has 1 aliphatic rings.